The van der Waals surface area contributed by atoms with Crippen molar-refractivity contribution in [1.82, 2.24) is 4.90 Å². The van der Waals surface area contributed by atoms with Gasteiger partial charge in [0.2, 0.25) is 11.8 Å². The summed E-state index contributed by atoms with van der Waals surface area (Å²) in [6.07, 6.45) is 0.311. The van der Waals surface area contributed by atoms with Gasteiger partial charge in [0.25, 0.3) is 0 Å². The molecule has 2 rings (SSSR count). The number of rotatable bonds is 2. The number of hydrogen-bond donors (Lipinski definition) is 0. The van der Waals surface area contributed by atoms with Crippen molar-refractivity contribution in [1.29, 1.82) is 0 Å². The van der Waals surface area contributed by atoms with E-state index in [1.54, 1.807) is 23.9 Å². The predicted molar refractivity (Wildman–Crippen MR) is 70.3 cm³/mol. The van der Waals surface area contributed by atoms with Crippen LogP contribution in [0.5, 0.6) is 0 Å². The number of benzene rings is 1. The molecule has 0 aromatic heterocycles. The van der Waals surface area contributed by atoms with E-state index in [1.165, 1.54) is 0 Å². The molecule has 0 aliphatic carbocycles. The molecule has 4 nitrogen and oxygen atoms in total. The fourth-order valence-electron chi connectivity index (χ4n) is 2.34. The van der Waals surface area contributed by atoms with Crippen LogP contribution in [0.2, 0.25) is 0 Å². The molecule has 1 saturated heterocycles. The zero-order valence-electron chi connectivity index (χ0n) is 11.0. The van der Waals surface area contributed by atoms with E-state index < -0.39 is 0 Å². The summed E-state index contributed by atoms with van der Waals surface area (Å²) in [5.74, 6) is -0.156. The molecule has 1 atom stereocenters. The highest BCUT2D eigenvalue weighted by atomic mass is 16.2. The minimum Gasteiger partial charge on any atom is -0.349 e. The van der Waals surface area contributed by atoms with Crippen LogP contribution in [0.4, 0.5) is 5.69 Å². The third-order valence-electron chi connectivity index (χ3n) is 3.32. The van der Waals surface area contributed by atoms with E-state index in [0.29, 0.717) is 13.0 Å². The molecule has 18 heavy (non-hydrogen) atoms. The van der Waals surface area contributed by atoms with Crippen LogP contribution in [0, 0.1) is 12.8 Å². The number of anilines is 1. The topological polar surface area (TPSA) is 40.6 Å². The van der Waals surface area contributed by atoms with Crippen molar-refractivity contribution in [2.75, 3.05) is 25.5 Å². The number of nitrogens with zero attached hydrogens (tertiary/aromatic N) is 2. The number of aryl methyl sites for hydroxylation is 1. The van der Waals surface area contributed by atoms with Crippen molar-refractivity contribution >= 4 is 17.5 Å². The summed E-state index contributed by atoms with van der Waals surface area (Å²) in [4.78, 5) is 27.2. The van der Waals surface area contributed by atoms with Crippen molar-refractivity contribution in [3.05, 3.63) is 29.8 Å². The predicted octanol–water partition coefficient (Wildman–Crippen LogP) is 1.44. The number of carbonyl (C=O) groups excluding carboxylic acids is 2. The smallest absolute Gasteiger partial charge is 0.227 e. The molecule has 0 radical (unpaired) electrons. The first-order valence-corrected chi connectivity index (χ1v) is 6.08. The molecule has 96 valence electrons. The minimum absolute atomic E-state index is 0.0273. The Morgan fingerprint density at radius 3 is 2.61 bits per heavy atom. The Balaban J connectivity index is 2.20. The molecule has 1 aliphatic heterocycles. The Labute approximate surface area is 107 Å². The standard InChI is InChI=1S/C14H18N2O2/c1-10-6-4-5-7-12(10)16-9-11(8-13(16)17)14(18)15(2)3/h4-7,11H,8-9H2,1-3H3/t11-/m0/s1. The third kappa shape index (κ3) is 2.23. The highest BCUT2D eigenvalue weighted by Gasteiger charge is 2.36. The SMILES string of the molecule is Cc1ccccc1N1C[C@@H](C(=O)N(C)C)CC1=O. The Morgan fingerprint density at radius 2 is 2.00 bits per heavy atom. The zero-order valence-corrected chi connectivity index (χ0v) is 11.0. The second kappa shape index (κ2) is 4.80. The Bertz CT molecular complexity index is 482. The normalized spacial score (nSPS) is 19.2. The van der Waals surface area contributed by atoms with Gasteiger partial charge in [0.1, 0.15) is 0 Å². The van der Waals surface area contributed by atoms with Gasteiger partial charge in [-0.1, -0.05) is 18.2 Å². The molecule has 1 aromatic rings. The number of amides is 2. The number of para-hydroxylation sites is 1. The van der Waals surface area contributed by atoms with Crippen LogP contribution >= 0.6 is 0 Å². The highest BCUT2D eigenvalue weighted by Crippen LogP contribution is 2.28. The largest absolute Gasteiger partial charge is 0.349 e. The minimum atomic E-state index is -0.216. The lowest BCUT2D eigenvalue weighted by atomic mass is 10.1. The molecule has 1 heterocycles. The first-order chi connectivity index (χ1) is 8.50. The monoisotopic (exact) mass is 246 g/mol. The zero-order chi connectivity index (χ0) is 13.3. The molecular formula is C14H18N2O2. The average molecular weight is 246 g/mol. The van der Waals surface area contributed by atoms with E-state index >= 15 is 0 Å². The molecule has 2 amide bonds. The van der Waals surface area contributed by atoms with Crippen LogP contribution in [-0.2, 0) is 9.59 Å². The Hall–Kier alpha value is -1.84. The Morgan fingerprint density at radius 1 is 1.33 bits per heavy atom. The number of hydrogen-bond acceptors (Lipinski definition) is 2. The fourth-order valence-corrected chi connectivity index (χ4v) is 2.34. The van der Waals surface area contributed by atoms with Crippen molar-refractivity contribution in [2.45, 2.75) is 13.3 Å². The highest BCUT2D eigenvalue weighted by molar-refractivity contribution is 6.00. The maximum atomic E-state index is 12.0. The van der Waals surface area contributed by atoms with Crippen molar-refractivity contribution in [2.24, 2.45) is 5.92 Å². The number of carbonyl (C=O) groups is 2. The van der Waals surface area contributed by atoms with Gasteiger partial charge in [-0.25, -0.2) is 0 Å². The van der Waals surface area contributed by atoms with Gasteiger partial charge < -0.3 is 9.80 Å². The van der Waals surface area contributed by atoms with Crippen molar-refractivity contribution in [3.63, 3.8) is 0 Å². The summed E-state index contributed by atoms with van der Waals surface area (Å²) in [7, 11) is 3.45. The quantitative estimate of drug-likeness (QED) is 0.792. The van der Waals surface area contributed by atoms with Gasteiger partial charge >= 0.3 is 0 Å². The van der Waals surface area contributed by atoms with E-state index in [2.05, 4.69) is 0 Å². The summed E-state index contributed by atoms with van der Waals surface area (Å²) in [5.41, 5.74) is 1.97. The summed E-state index contributed by atoms with van der Waals surface area (Å²) in [5, 5.41) is 0. The molecule has 1 fully saturated rings. The van der Waals surface area contributed by atoms with Crippen molar-refractivity contribution < 1.29 is 9.59 Å². The second-order valence-corrected chi connectivity index (χ2v) is 4.92. The fraction of sp³-hybridized carbons (Fsp3) is 0.429. The summed E-state index contributed by atoms with van der Waals surface area (Å²) < 4.78 is 0. The van der Waals surface area contributed by atoms with Gasteiger partial charge in [-0.05, 0) is 18.6 Å². The van der Waals surface area contributed by atoms with Crippen LogP contribution in [0.25, 0.3) is 0 Å². The third-order valence-corrected chi connectivity index (χ3v) is 3.32. The van der Waals surface area contributed by atoms with E-state index in [9.17, 15) is 9.59 Å². The lowest BCUT2D eigenvalue weighted by Crippen LogP contribution is -2.32. The summed E-state index contributed by atoms with van der Waals surface area (Å²) in [6, 6.07) is 7.76. The van der Waals surface area contributed by atoms with Gasteiger partial charge in [0.15, 0.2) is 0 Å². The first kappa shape index (κ1) is 12.6. The molecule has 0 saturated carbocycles. The van der Waals surface area contributed by atoms with Crippen LogP contribution in [-0.4, -0.2) is 37.4 Å². The molecular weight excluding hydrogens is 228 g/mol. The molecule has 1 aromatic carbocycles. The lowest BCUT2D eigenvalue weighted by molar-refractivity contribution is -0.133. The summed E-state index contributed by atoms with van der Waals surface area (Å²) >= 11 is 0. The summed E-state index contributed by atoms with van der Waals surface area (Å²) in [6.45, 7) is 2.46. The second-order valence-electron chi connectivity index (χ2n) is 4.92. The van der Waals surface area contributed by atoms with Gasteiger partial charge in [0, 0.05) is 32.7 Å². The van der Waals surface area contributed by atoms with Crippen molar-refractivity contribution in [3.8, 4) is 0 Å². The molecule has 4 heteroatoms. The van der Waals surface area contributed by atoms with Crippen LogP contribution in [0.3, 0.4) is 0 Å². The van der Waals surface area contributed by atoms with Crippen LogP contribution in [0.15, 0.2) is 24.3 Å². The maximum Gasteiger partial charge on any atom is 0.227 e. The average Bonchev–Trinajstić information content (AvgIpc) is 2.71. The van der Waals surface area contributed by atoms with E-state index in [0.717, 1.165) is 11.3 Å². The molecule has 0 unspecified atom stereocenters. The first-order valence-electron chi connectivity index (χ1n) is 6.08. The Kier molecular flexibility index (Phi) is 3.36. The van der Waals surface area contributed by atoms with Gasteiger partial charge in [-0.15, -0.1) is 0 Å². The molecule has 0 N–H and O–H groups in total. The van der Waals surface area contributed by atoms with Gasteiger partial charge in [-0.3, -0.25) is 9.59 Å². The van der Waals surface area contributed by atoms with Crippen LogP contribution < -0.4 is 4.90 Å². The van der Waals surface area contributed by atoms with E-state index in [4.69, 9.17) is 0 Å². The van der Waals surface area contributed by atoms with E-state index in [-0.39, 0.29) is 17.7 Å². The maximum absolute atomic E-state index is 12.0. The van der Waals surface area contributed by atoms with Gasteiger partial charge in [0.05, 0.1) is 5.92 Å². The van der Waals surface area contributed by atoms with Gasteiger partial charge in [-0.2, -0.15) is 0 Å². The lowest BCUT2D eigenvalue weighted by Gasteiger charge is -2.20. The van der Waals surface area contributed by atoms with E-state index in [1.807, 2.05) is 31.2 Å². The molecule has 0 bridgehead atoms. The van der Waals surface area contributed by atoms with Crippen LogP contribution in [0.1, 0.15) is 12.0 Å². The molecule has 1 aliphatic rings. The molecule has 0 spiro atoms.